The van der Waals surface area contributed by atoms with E-state index in [1.165, 1.54) is 0 Å². The van der Waals surface area contributed by atoms with Gasteiger partial charge in [0.1, 0.15) is 5.75 Å². The summed E-state index contributed by atoms with van der Waals surface area (Å²) < 4.78 is 5.16. The van der Waals surface area contributed by atoms with Crippen LogP contribution in [-0.2, 0) is 6.54 Å². The molecule has 0 saturated heterocycles. The van der Waals surface area contributed by atoms with Crippen molar-refractivity contribution in [3.05, 3.63) is 46.0 Å². The molecular weight excluding hydrogens is 285 g/mol. The molecule has 0 radical (unpaired) electrons. The van der Waals surface area contributed by atoms with Crippen molar-refractivity contribution in [2.45, 2.75) is 13.5 Å². The number of nitrogens with one attached hydrogen (secondary N) is 1. The summed E-state index contributed by atoms with van der Waals surface area (Å²) in [6.45, 7) is 2.49. The van der Waals surface area contributed by atoms with E-state index in [9.17, 15) is 0 Å². The van der Waals surface area contributed by atoms with Crippen LogP contribution >= 0.6 is 23.2 Å². The van der Waals surface area contributed by atoms with Gasteiger partial charge in [0.25, 0.3) is 0 Å². The van der Waals surface area contributed by atoms with Crippen molar-refractivity contribution in [3.8, 4) is 5.75 Å². The Bertz CT molecular complexity index is 590. The first-order chi connectivity index (χ1) is 9.10. The summed E-state index contributed by atoms with van der Waals surface area (Å²) in [5.74, 6) is 0.629. The Kier molecular flexibility index (Phi) is 4.45. The summed E-state index contributed by atoms with van der Waals surface area (Å²) in [5.41, 5.74) is 2.74. The fraction of sp³-hybridized carbons (Fsp3) is 0.231. The van der Waals surface area contributed by atoms with Gasteiger partial charge in [0.05, 0.1) is 24.4 Å². The summed E-state index contributed by atoms with van der Waals surface area (Å²) >= 11 is 11.7. The number of benzene rings is 1. The third-order valence-corrected chi connectivity index (χ3v) is 3.15. The molecule has 0 unspecified atom stereocenters. The van der Waals surface area contributed by atoms with E-state index in [1.54, 1.807) is 19.4 Å². The van der Waals surface area contributed by atoms with Crippen molar-refractivity contribution < 1.29 is 4.74 Å². The fourth-order valence-electron chi connectivity index (χ4n) is 1.59. The first-order valence-electron chi connectivity index (χ1n) is 5.65. The summed E-state index contributed by atoms with van der Waals surface area (Å²) in [6, 6.07) is 5.49. The molecule has 1 aromatic heterocycles. The van der Waals surface area contributed by atoms with E-state index in [1.807, 2.05) is 19.1 Å². The van der Waals surface area contributed by atoms with Crippen molar-refractivity contribution in [1.29, 1.82) is 0 Å². The molecule has 0 aliphatic heterocycles. The predicted octanol–water partition coefficient (Wildman–Crippen LogP) is 3.71. The molecular formula is C13H13Cl2N3O. The molecule has 4 nitrogen and oxygen atoms in total. The normalized spacial score (nSPS) is 10.3. The Morgan fingerprint density at radius 1 is 1.32 bits per heavy atom. The third-order valence-electron chi connectivity index (χ3n) is 2.66. The highest BCUT2D eigenvalue weighted by Gasteiger charge is 2.05. The van der Waals surface area contributed by atoms with Gasteiger partial charge >= 0.3 is 0 Å². The van der Waals surface area contributed by atoms with Gasteiger partial charge in [0, 0.05) is 18.0 Å². The zero-order chi connectivity index (χ0) is 13.8. The van der Waals surface area contributed by atoms with E-state index >= 15 is 0 Å². The van der Waals surface area contributed by atoms with Crippen molar-refractivity contribution in [3.63, 3.8) is 0 Å². The van der Waals surface area contributed by atoms with E-state index in [4.69, 9.17) is 27.9 Å². The third kappa shape index (κ3) is 3.49. The average molecular weight is 298 g/mol. The van der Waals surface area contributed by atoms with Gasteiger partial charge < -0.3 is 10.1 Å². The molecule has 0 atom stereocenters. The predicted molar refractivity (Wildman–Crippen MR) is 77.1 cm³/mol. The van der Waals surface area contributed by atoms with E-state index in [0.717, 1.165) is 16.9 Å². The fourth-order valence-corrected chi connectivity index (χ4v) is 1.93. The van der Waals surface area contributed by atoms with E-state index in [2.05, 4.69) is 15.3 Å². The number of hydrogen-bond acceptors (Lipinski definition) is 4. The topological polar surface area (TPSA) is 47.0 Å². The Morgan fingerprint density at radius 2 is 2.11 bits per heavy atom. The van der Waals surface area contributed by atoms with Crippen LogP contribution in [0.4, 0.5) is 5.69 Å². The molecule has 0 saturated carbocycles. The molecule has 0 aliphatic rings. The summed E-state index contributed by atoms with van der Waals surface area (Å²) in [4.78, 5) is 8.10. The minimum atomic E-state index is 0.246. The number of aromatic nitrogens is 2. The van der Waals surface area contributed by atoms with Gasteiger partial charge in [0.15, 0.2) is 0 Å². The number of hydrogen-bond donors (Lipinski definition) is 1. The standard InChI is InChI=1S/C13H13Cl2N3O/c1-8-6-17-13(15)18-11(8)7-16-9-3-4-10(14)12(5-9)19-2/h3-6,16H,7H2,1-2H3. The lowest BCUT2D eigenvalue weighted by molar-refractivity contribution is 0.415. The molecule has 0 aliphatic carbocycles. The minimum Gasteiger partial charge on any atom is -0.495 e. The number of rotatable bonds is 4. The highest BCUT2D eigenvalue weighted by atomic mass is 35.5. The molecule has 6 heteroatoms. The maximum atomic E-state index is 5.97. The molecule has 0 bridgehead atoms. The maximum absolute atomic E-state index is 5.97. The second-order valence-electron chi connectivity index (χ2n) is 3.97. The number of ether oxygens (including phenoxy) is 1. The van der Waals surface area contributed by atoms with Gasteiger partial charge in [-0.05, 0) is 36.2 Å². The van der Waals surface area contributed by atoms with Gasteiger partial charge in [0.2, 0.25) is 5.28 Å². The SMILES string of the molecule is COc1cc(NCc2nc(Cl)ncc2C)ccc1Cl. The molecule has 1 N–H and O–H groups in total. The summed E-state index contributed by atoms with van der Waals surface area (Å²) in [7, 11) is 1.58. The van der Waals surface area contributed by atoms with Crippen molar-refractivity contribution in [2.75, 3.05) is 12.4 Å². The Balaban J connectivity index is 2.12. The molecule has 0 amide bonds. The van der Waals surface area contributed by atoms with Gasteiger partial charge in [-0.25, -0.2) is 9.97 Å². The lowest BCUT2D eigenvalue weighted by Gasteiger charge is -2.10. The summed E-state index contributed by atoms with van der Waals surface area (Å²) in [6.07, 6.45) is 1.70. The molecule has 0 fully saturated rings. The number of nitrogens with zero attached hydrogens (tertiary/aromatic N) is 2. The molecule has 1 heterocycles. The lowest BCUT2D eigenvalue weighted by atomic mass is 10.2. The molecule has 2 aromatic rings. The molecule has 100 valence electrons. The van der Waals surface area contributed by atoms with Crippen LogP contribution in [0.1, 0.15) is 11.3 Å². The van der Waals surface area contributed by atoms with Gasteiger partial charge in [-0.1, -0.05) is 11.6 Å². The number of aryl methyl sites for hydroxylation is 1. The van der Waals surface area contributed by atoms with Crippen LogP contribution in [-0.4, -0.2) is 17.1 Å². The second kappa shape index (κ2) is 6.08. The van der Waals surface area contributed by atoms with Crippen LogP contribution in [0.5, 0.6) is 5.75 Å². The van der Waals surface area contributed by atoms with E-state index in [0.29, 0.717) is 17.3 Å². The lowest BCUT2D eigenvalue weighted by Crippen LogP contribution is -2.05. The highest BCUT2D eigenvalue weighted by molar-refractivity contribution is 6.32. The van der Waals surface area contributed by atoms with Crippen molar-refractivity contribution in [1.82, 2.24) is 9.97 Å². The first-order valence-corrected chi connectivity index (χ1v) is 6.41. The molecule has 1 aromatic carbocycles. The molecule has 0 spiro atoms. The van der Waals surface area contributed by atoms with Crippen LogP contribution in [0.25, 0.3) is 0 Å². The number of methoxy groups -OCH3 is 1. The average Bonchev–Trinajstić information content (AvgIpc) is 2.41. The monoisotopic (exact) mass is 297 g/mol. The van der Waals surface area contributed by atoms with Crippen LogP contribution in [0, 0.1) is 6.92 Å². The second-order valence-corrected chi connectivity index (χ2v) is 4.72. The highest BCUT2D eigenvalue weighted by Crippen LogP contribution is 2.27. The van der Waals surface area contributed by atoms with Gasteiger partial charge in [-0.2, -0.15) is 0 Å². The van der Waals surface area contributed by atoms with Crippen LogP contribution in [0.15, 0.2) is 24.4 Å². The molecule has 19 heavy (non-hydrogen) atoms. The Labute approximate surface area is 121 Å². The van der Waals surface area contributed by atoms with Gasteiger partial charge in [-0.15, -0.1) is 0 Å². The van der Waals surface area contributed by atoms with Crippen molar-refractivity contribution >= 4 is 28.9 Å². The molecule has 2 rings (SSSR count). The smallest absolute Gasteiger partial charge is 0.222 e. The van der Waals surface area contributed by atoms with E-state index in [-0.39, 0.29) is 5.28 Å². The largest absolute Gasteiger partial charge is 0.495 e. The number of anilines is 1. The quantitative estimate of drug-likeness (QED) is 0.874. The van der Waals surface area contributed by atoms with Crippen LogP contribution in [0.3, 0.4) is 0 Å². The first kappa shape index (κ1) is 13.9. The maximum Gasteiger partial charge on any atom is 0.222 e. The van der Waals surface area contributed by atoms with Crippen LogP contribution in [0.2, 0.25) is 10.3 Å². The van der Waals surface area contributed by atoms with Gasteiger partial charge in [-0.3, -0.25) is 0 Å². The zero-order valence-electron chi connectivity index (χ0n) is 10.6. The van der Waals surface area contributed by atoms with Crippen molar-refractivity contribution in [2.24, 2.45) is 0 Å². The van der Waals surface area contributed by atoms with Crippen LogP contribution < -0.4 is 10.1 Å². The zero-order valence-corrected chi connectivity index (χ0v) is 12.1. The van der Waals surface area contributed by atoms with E-state index < -0.39 is 0 Å². The minimum absolute atomic E-state index is 0.246. The summed E-state index contributed by atoms with van der Waals surface area (Å²) in [5, 5.41) is 4.07. The Hall–Kier alpha value is -1.52. The number of halogens is 2. The Morgan fingerprint density at radius 3 is 2.84 bits per heavy atom.